The molecule has 0 aliphatic heterocycles. The summed E-state index contributed by atoms with van der Waals surface area (Å²) in [6, 6.07) is 5.44. The third-order valence-corrected chi connectivity index (χ3v) is 3.15. The van der Waals surface area contributed by atoms with Crippen LogP contribution in [0.2, 0.25) is 0 Å². The molecule has 0 aromatic heterocycles. The normalized spacial score (nSPS) is 11.8. The SMILES string of the molecule is CCC(CCO)NC(=O)Cc1ccc(OC)c(OC)c1. The Hall–Kier alpha value is -1.75. The van der Waals surface area contributed by atoms with Crippen LogP contribution in [0.15, 0.2) is 18.2 Å². The maximum Gasteiger partial charge on any atom is 0.224 e. The molecule has 0 spiro atoms. The number of rotatable bonds is 8. The zero-order chi connectivity index (χ0) is 15.0. The highest BCUT2D eigenvalue weighted by Crippen LogP contribution is 2.27. The van der Waals surface area contributed by atoms with Gasteiger partial charge in [0.2, 0.25) is 5.91 Å². The van der Waals surface area contributed by atoms with E-state index in [1.165, 1.54) is 0 Å². The van der Waals surface area contributed by atoms with E-state index in [0.717, 1.165) is 12.0 Å². The van der Waals surface area contributed by atoms with Crippen molar-refractivity contribution in [3.05, 3.63) is 23.8 Å². The fraction of sp³-hybridized carbons (Fsp3) is 0.533. The van der Waals surface area contributed by atoms with E-state index in [-0.39, 0.29) is 25.0 Å². The van der Waals surface area contributed by atoms with Crippen molar-refractivity contribution in [1.29, 1.82) is 0 Å². The summed E-state index contributed by atoms with van der Waals surface area (Å²) in [5, 5.41) is 11.8. The van der Waals surface area contributed by atoms with E-state index >= 15 is 0 Å². The highest BCUT2D eigenvalue weighted by atomic mass is 16.5. The van der Waals surface area contributed by atoms with Gasteiger partial charge < -0.3 is 19.9 Å². The van der Waals surface area contributed by atoms with Crippen LogP contribution in [-0.4, -0.2) is 37.9 Å². The molecular formula is C15H23NO4. The molecule has 0 aliphatic rings. The van der Waals surface area contributed by atoms with Crippen LogP contribution in [0.25, 0.3) is 0 Å². The van der Waals surface area contributed by atoms with Crippen molar-refractivity contribution in [1.82, 2.24) is 5.32 Å². The smallest absolute Gasteiger partial charge is 0.224 e. The second-order valence-corrected chi connectivity index (χ2v) is 4.55. The summed E-state index contributed by atoms with van der Waals surface area (Å²) in [4.78, 5) is 11.9. The first-order valence-corrected chi connectivity index (χ1v) is 6.75. The molecule has 1 rings (SSSR count). The lowest BCUT2D eigenvalue weighted by Gasteiger charge is -2.16. The van der Waals surface area contributed by atoms with E-state index in [0.29, 0.717) is 17.9 Å². The second kappa shape index (κ2) is 8.43. The van der Waals surface area contributed by atoms with Gasteiger partial charge in [0.05, 0.1) is 20.6 Å². The summed E-state index contributed by atoms with van der Waals surface area (Å²) in [7, 11) is 3.14. The minimum absolute atomic E-state index is 0.0210. The number of methoxy groups -OCH3 is 2. The number of ether oxygens (including phenoxy) is 2. The van der Waals surface area contributed by atoms with Gasteiger partial charge in [-0.2, -0.15) is 0 Å². The van der Waals surface area contributed by atoms with Gasteiger partial charge in [-0.25, -0.2) is 0 Å². The highest BCUT2D eigenvalue weighted by molar-refractivity contribution is 5.79. The van der Waals surface area contributed by atoms with Crippen LogP contribution in [0.1, 0.15) is 25.3 Å². The third kappa shape index (κ3) is 4.74. The molecule has 1 aromatic carbocycles. The van der Waals surface area contributed by atoms with Gasteiger partial charge in [0, 0.05) is 12.6 Å². The van der Waals surface area contributed by atoms with Crippen LogP contribution in [0.3, 0.4) is 0 Å². The zero-order valence-electron chi connectivity index (χ0n) is 12.3. The third-order valence-electron chi connectivity index (χ3n) is 3.15. The predicted octanol–water partition coefficient (Wildman–Crippen LogP) is 1.52. The Morgan fingerprint density at radius 3 is 2.55 bits per heavy atom. The Morgan fingerprint density at radius 1 is 1.30 bits per heavy atom. The molecule has 0 aliphatic carbocycles. The van der Waals surface area contributed by atoms with Crippen molar-refractivity contribution in [3.8, 4) is 11.5 Å². The largest absolute Gasteiger partial charge is 0.493 e. The number of aliphatic hydroxyl groups is 1. The van der Waals surface area contributed by atoms with Crippen LogP contribution in [0.5, 0.6) is 11.5 Å². The number of hydrogen-bond donors (Lipinski definition) is 2. The molecule has 0 saturated heterocycles. The first kappa shape index (κ1) is 16.3. The molecule has 5 nitrogen and oxygen atoms in total. The quantitative estimate of drug-likeness (QED) is 0.758. The highest BCUT2D eigenvalue weighted by Gasteiger charge is 2.12. The van der Waals surface area contributed by atoms with E-state index in [1.54, 1.807) is 26.4 Å². The number of amides is 1. The molecule has 20 heavy (non-hydrogen) atoms. The summed E-state index contributed by atoms with van der Waals surface area (Å²) in [5.41, 5.74) is 0.860. The van der Waals surface area contributed by atoms with Crippen LogP contribution in [0, 0.1) is 0 Å². The Morgan fingerprint density at radius 2 is 2.00 bits per heavy atom. The predicted molar refractivity (Wildman–Crippen MR) is 77.2 cm³/mol. The van der Waals surface area contributed by atoms with Gasteiger partial charge >= 0.3 is 0 Å². The van der Waals surface area contributed by atoms with Crippen molar-refractivity contribution in [2.75, 3.05) is 20.8 Å². The fourth-order valence-corrected chi connectivity index (χ4v) is 1.99. The fourth-order valence-electron chi connectivity index (χ4n) is 1.99. The standard InChI is InChI=1S/C15H23NO4/c1-4-12(7-8-17)16-15(18)10-11-5-6-13(19-2)14(9-11)20-3/h5-6,9,12,17H,4,7-8,10H2,1-3H3,(H,16,18). The van der Waals surface area contributed by atoms with E-state index in [9.17, 15) is 4.79 Å². The summed E-state index contributed by atoms with van der Waals surface area (Å²) in [5.74, 6) is 1.20. The van der Waals surface area contributed by atoms with Gasteiger partial charge in [-0.05, 0) is 30.5 Å². The average molecular weight is 281 g/mol. The van der Waals surface area contributed by atoms with E-state index in [2.05, 4.69) is 5.32 Å². The molecular weight excluding hydrogens is 258 g/mol. The van der Waals surface area contributed by atoms with Gasteiger partial charge in [-0.15, -0.1) is 0 Å². The number of nitrogens with one attached hydrogen (secondary N) is 1. The number of carbonyl (C=O) groups is 1. The monoisotopic (exact) mass is 281 g/mol. The summed E-state index contributed by atoms with van der Waals surface area (Å²) >= 11 is 0. The lowest BCUT2D eigenvalue weighted by atomic mass is 10.1. The zero-order valence-corrected chi connectivity index (χ0v) is 12.3. The average Bonchev–Trinajstić information content (AvgIpc) is 2.46. The van der Waals surface area contributed by atoms with E-state index in [1.807, 2.05) is 13.0 Å². The van der Waals surface area contributed by atoms with Gasteiger partial charge in [0.1, 0.15) is 0 Å². The lowest BCUT2D eigenvalue weighted by molar-refractivity contribution is -0.121. The Kier molecular flexibility index (Phi) is 6.87. The van der Waals surface area contributed by atoms with Crippen molar-refractivity contribution >= 4 is 5.91 Å². The van der Waals surface area contributed by atoms with Crippen molar-refractivity contribution in [2.24, 2.45) is 0 Å². The molecule has 0 saturated carbocycles. The topological polar surface area (TPSA) is 67.8 Å². The minimum atomic E-state index is -0.0579. The number of aliphatic hydroxyl groups excluding tert-OH is 1. The molecule has 2 N–H and O–H groups in total. The molecule has 1 unspecified atom stereocenters. The number of carbonyl (C=O) groups excluding carboxylic acids is 1. The van der Waals surface area contributed by atoms with Crippen LogP contribution < -0.4 is 14.8 Å². The van der Waals surface area contributed by atoms with Gasteiger partial charge in [-0.1, -0.05) is 13.0 Å². The van der Waals surface area contributed by atoms with Crippen molar-refractivity contribution in [2.45, 2.75) is 32.2 Å². The van der Waals surface area contributed by atoms with E-state index in [4.69, 9.17) is 14.6 Å². The van der Waals surface area contributed by atoms with Gasteiger partial charge in [0.25, 0.3) is 0 Å². The molecule has 1 amide bonds. The molecule has 112 valence electrons. The minimum Gasteiger partial charge on any atom is -0.493 e. The molecule has 1 atom stereocenters. The number of hydrogen-bond acceptors (Lipinski definition) is 4. The van der Waals surface area contributed by atoms with Crippen LogP contribution in [-0.2, 0) is 11.2 Å². The van der Waals surface area contributed by atoms with Crippen molar-refractivity contribution in [3.63, 3.8) is 0 Å². The van der Waals surface area contributed by atoms with E-state index < -0.39 is 0 Å². The Balaban J connectivity index is 2.66. The van der Waals surface area contributed by atoms with Crippen molar-refractivity contribution < 1.29 is 19.4 Å². The van der Waals surface area contributed by atoms with Crippen LogP contribution in [0.4, 0.5) is 0 Å². The molecule has 5 heteroatoms. The summed E-state index contributed by atoms with van der Waals surface area (Å²) < 4.78 is 10.4. The number of benzene rings is 1. The lowest BCUT2D eigenvalue weighted by Crippen LogP contribution is -2.36. The van der Waals surface area contributed by atoms with Crippen LogP contribution >= 0.6 is 0 Å². The molecule has 1 aromatic rings. The molecule has 0 heterocycles. The Labute approximate surface area is 119 Å². The maximum absolute atomic E-state index is 11.9. The molecule has 0 bridgehead atoms. The Bertz CT molecular complexity index is 434. The van der Waals surface area contributed by atoms with Gasteiger partial charge in [-0.3, -0.25) is 4.79 Å². The first-order chi connectivity index (χ1) is 9.64. The molecule has 0 radical (unpaired) electrons. The second-order valence-electron chi connectivity index (χ2n) is 4.55. The summed E-state index contributed by atoms with van der Waals surface area (Å²) in [6.45, 7) is 2.06. The van der Waals surface area contributed by atoms with Gasteiger partial charge in [0.15, 0.2) is 11.5 Å². The summed E-state index contributed by atoms with van der Waals surface area (Å²) in [6.07, 6.45) is 1.66. The first-order valence-electron chi connectivity index (χ1n) is 6.75. The maximum atomic E-state index is 11.9. The molecule has 0 fully saturated rings.